The van der Waals surface area contributed by atoms with Gasteiger partial charge in [0.2, 0.25) is 0 Å². The molecule has 3 aromatic rings. The van der Waals surface area contributed by atoms with E-state index < -0.39 is 11.8 Å². The molecule has 0 heterocycles. The predicted molar refractivity (Wildman–Crippen MR) is 137 cm³/mol. The number of aryl methyl sites for hydroxylation is 2. The topological polar surface area (TPSA) is 97.9 Å². The Kier molecular flexibility index (Phi) is 9.44. The van der Waals surface area contributed by atoms with Gasteiger partial charge in [-0.1, -0.05) is 30.3 Å². The second kappa shape index (κ2) is 13.0. The van der Waals surface area contributed by atoms with E-state index in [1.54, 1.807) is 24.3 Å². The van der Waals surface area contributed by atoms with Gasteiger partial charge in [-0.3, -0.25) is 25.8 Å². The van der Waals surface area contributed by atoms with Crippen LogP contribution in [0.15, 0.2) is 72.8 Å². The van der Waals surface area contributed by atoms with Crippen LogP contribution in [0.1, 0.15) is 21.5 Å². The van der Waals surface area contributed by atoms with Gasteiger partial charge in [0.05, 0.1) is 0 Å². The average Bonchev–Trinajstić information content (AvgIpc) is 2.84. The lowest BCUT2D eigenvalue weighted by molar-refractivity contribution is -0.123. The van der Waals surface area contributed by atoms with Crippen molar-refractivity contribution in [3.05, 3.63) is 89.5 Å². The zero-order valence-corrected chi connectivity index (χ0v) is 20.3. The Morgan fingerprint density at radius 3 is 2.11 bits per heavy atom. The average molecular weight is 494 g/mol. The minimum atomic E-state index is -0.450. The van der Waals surface area contributed by atoms with Gasteiger partial charge in [-0.2, -0.15) is 0 Å². The third-order valence-electron chi connectivity index (χ3n) is 4.57. The molecule has 35 heavy (non-hydrogen) atoms. The fraction of sp³-hybridized carbons (Fsp3) is 0.192. The van der Waals surface area contributed by atoms with Crippen molar-refractivity contribution in [3.63, 3.8) is 0 Å². The lowest BCUT2D eigenvalue weighted by Gasteiger charge is -2.12. The fourth-order valence-corrected chi connectivity index (χ4v) is 3.24. The van der Waals surface area contributed by atoms with Crippen LogP contribution >= 0.6 is 12.2 Å². The number of thiocarbonyl (C=S) groups is 1. The number of para-hydroxylation sites is 1. The molecule has 0 atom stereocenters. The van der Waals surface area contributed by atoms with Gasteiger partial charge in [-0.15, -0.1) is 0 Å². The Morgan fingerprint density at radius 1 is 0.743 bits per heavy atom. The van der Waals surface area contributed by atoms with Crippen LogP contribution in [0, 0.1) is 13.8 Å². The van der Waals surface area contributed by atoms with Crippen molar-refractivity contribution in [1.82, 2.24) is 16.2 Å². The van der Waals surface area contributed by atoms with E-state index in [-0.39, 0.29) is 11.7 Å². The maximum Gasteiger partial charge on any atom is 0.276 e. The normalized spacial score (nSPS) is 10.1. The number of hydrogen-bond donors (Lipinski definition) is 3. The molecule has 0 aliphatic heterocycles. The number of hydrogen-bond acceptors (Lipinski definition) is 6. The fourth-order valence-electron chi connectivity index (χ4n) is 3.10. The summed E-state index contributed by atoms with van der Waals surface area (Å²) in [5.74, 6) is 0.976. The number of hydrazine groups is 1. The van der Waals surface area contributed by atoms with Crippen LogP contribution < -0.4 is 30.4 Å². The number of rotatable bonds is 9. The number of carbonyl (C=O) groups is 2. The quantitative estimate of drug-likeness (QED) is 0.239. The molecule has 0 unspecified atom stereocenters. The third-order valence-corrected chi connectivity index (χ3v) is 4.77. The van der Waals surface area contributed by atoms with Gasteiger partial charge in [-0.25, -0.2) is 0 Å². The van der Waals surface area contributed by atoms with E-state index in [2.05, 4.69) is 16.2 Å². The zero-order valence-electron chi connectivity index (χ0n) is 19.5. The van der Waals surface area contributed by atoms with Gasteiger partial charge < -0.3 is 14.2 Å². The van der Waals surface area contributed by atoms with Gasteiger partial charge in [0.15, 0.2) is 11.7 Å². The molecule has 0 fully saturated rings. The highest BCUT2D eigenvalue weighted by Gasteiger charge is 2.10. The summed E-state index contributed by atoms with van der Waals surface area (Å²) in [4.78, 5) is 24.5. The first-order chi connectivity index (χ1) is 16.9. The first-order valence-electron chi connectivity index (χ1n) is 10.9. The van der Waals surface area contributed by atoms with Crippen LogP contribution in [0.3, 0.4) is 0 Å². The van der Waals surface area contributed by atoms with Gasteiger partial charge in [0, 0.05) is 5.56 Å². The number of amides is 2. The maximum atomic E-state index is 12.5. The summed E-state index contributed by atoms with van der Waals surface area (Å²) in [5.41, 5.74) is 7.30. The zero-order chi connectivity index (χ0) is 25.0. The van der Waals surface area contributed by atoms with E-state index in [0.29, 0.717) is 30.3 Å². The molecule has 3 rings (SSSR count). The molecule has 0 radical (unpaired) electrons. The van der Waals surface area contributed by atoms with Crippen LogP contribution in [-0.2, 0) is 4.79 Å². The Hall–Kier alpha value is -4.11. The SMILES string of the molecule is Cc1cc(C)cc(OCC(=O)NNC(=S)NC(=O)c2cccc(OCCOc3ccccc3)c2)c1. The molecule has 0 aliphatic carbocycles. The Balaban J connectivity index is 1.38. The van der Waals surface area contributed by atoms with Gasteiger partial charge in [-0.05, 0) is 79.7 Å². The highest BCUT2D eigenvalue weighted by atomic mass is 32.1. The lowest BCUT2D eigenvalue weighted by atomic mass is 10.1. The highest BCUT2D eigenvalue weighted by molar-refractivity contribution is 7.80. The van der Waals surface area contributed by atoms with E-state index in [4.69, 9.17) is 26.4 Å². The minimum absolute atomic E-state index is 0.0580. The smallest absolute Gasteiger partial charge is 0.276 e. The van der Waals surface area contributed by atoms with Crippen molar-refractivity contribution >= 4 is 29.1 Å². The molecule has 3 aromatic carbocycles. The van der Waals surface area contributed by atoms with Crippen molar-refractivity contribution in [3.8, 4) is 17.2 Å². The van der Waals surface area contributed by atoms with Crippen molar-refractivity contribution in [2.45, 2.75) is 13.8 Å². The third kappa shape index (κ3) is 8.98. The second-order valence-corrected chi connectivity index (χ2v) is 8.01. The summed E-state index contributed by atoms with van der Waals surface area (Å²) in [6.45, 7) is 4.37. The summed E-state index contributed by atoms with van der Waals surface area (Å²) in [6.07, 6.45) is 0. The Labute approximate surface area is 209 Å². The summed E-state index contributed by atoms with van der Waals surface area (Å²) in [7, 11) is 0. The van der Waals surface area contributed by atoms with Gasteiger partial charge in [0.25, 0.3) is 11.8 Å². The van der Waals surface area contributed by atoms with E-state index in [1.165, 1.54) is 0 Å². The van der Waals surface area contributed by atoms with Crippen molar-refractivity contribution in [2.75, 3.05) is 19.8 Å². The first-order valence-corrected chi connectivity index (χ1v) is 11.3. The largest absolute Gasteiger partial charge is 0.490 e. The van der Waals surface area contributed by atoms with Crippen LogP contribution in [0.2, 0.25) is 0 Å². The molecular weight excluding hydrogens is 466 g/mol. The molecular formula is C26H27N3O5S. The summed E-state index contributed by atoms with van der Waals surface area (Å²) in [6, 6.07) is 21.8. The van der Waals surface area contributed by atoms with Crippen LogP contribution in [-0.4, -0.2) is 36.7 Å². The Morgan fingerprint density at radius 2 is 1.40 bits per heavy atom. The molecule has 3 N–H and O–H groups in total. The van der Waals surface area contributed by atoms with Crippen LogP contribution in [0.25, 0.3) is 0 Å². The number of carbonyl (C=O) groups excluding carboxylic acids is 2. The van der Waals surface area contributed by atoms with E-state index in [1.807, 2.05) is 62.4 Å². The van der Waals surface area contributed by atoms with E-state index in [0.717, 1.165) is 16.9 Å². The molecule has 8 nitrogen and oxygen atoms in total. The molecule has 9 heteroatoms. The standard InChI is InChI=1S/C26H27N3O5S/c1-18-13-19(2)15-23(14-18)34-17-24(30)28-29-26(35)27-25(31)20-7-6-10-22(16-20)33-12-11-32-21-8-4-3-5-9-21/h3-10,13-16H,11-12,17H2,1-2H3,(H,28,30)(H2,27,29,31,35). The predicted octanol–water partition coefficient (Wildman–Crippen LogP) is 3.48. The summed E-state index contributed by atoms with van der Waals surface area (Å²) < 4.78 is 16.7. The second-order valence-electron chi connectivity index (χ2n) is 7.61. The van der Waals surface area contributed by atoms with Crippen molar-refractivity contribution in [1.29, 1.82) is 0 Å². The number of nitrogens with one attached hydrogen (secondary N) is 3. The number of ether oxygens (including phenoxy) is 3. The van der Waals surface area contributed by atoms with Gasteiger partial charge >= 0.3 is 0 Å². The van der Waals surface area contributed by atoms with E-state index >= 15 is 0 Å². The van der Waals surface area contributed by atoms with E-state index in [9.17, 15) is 9.59 Å². The van der Waals surface area contributed by atoms with Gasteiger partial charge in [0.1, 0.15) is 30.5 Å². The van der Waals surface area contributed by atoms with Crippen LogP contribution in [0.5, 0.6) is 17.2 Å². The Bertz CT molecular complexity index is 1150. The summed E-state index contributed by atoms with van der Waals surface area (Å²) in [5, 5.41) is 2.44. The molecule has 2 amide bonds. The lowest BCUT2D eigenvalue weighted by Crippen LogP contribution is -2.49. The molecule has 0 saturated heterocycles. The van der Waals surface area contributed by atoms with Crippen molar-refractivity contribution in [2.24, 2.45) is 0 Å². The highest BCUT2D eigenvalue weighted by Crippen LogP contribution is 2.16. The molecule has 182 valence electrons. The molecule has 0 aliphatic rings. The van der Waals surface area contributed by atoms with Crippen molar-refractivity contribution < 1.29 is 23.8 Å². The molecule has 0 spiro atoms. The molecule has 0 aromatic heterocycles. The number of benzene rings is 3. The summed E-state index contributed by atoms with van der Waals surface area (Å²) >= 11 is 5.08. The maximum absolute atomic E-state index is 12.5. The molecule has 0 bridgehead atoms. The molecule has 0 saturated carbocycles. The minimum Gasteiger partial charge on any atom is -0.490 e. The monoisotopic (exact) mass is 493 g/mol. The van der Waals surface area contributed by atoms with Crippen LogP contribution in [0.4, 0.5) is 0 Å². The first kappa shape index (κ1) is 25.5.